The number of aromatic nitrogens is 1. The molecule has 3 aromatic heterocycles. The Kier molecular flexibility index (Phi) is 17.7. The van der Waals surface area contributed by atoms with Crippen molar-refractivity contribution in [1.29, 1.82) is 0 Å². The third-order valence-corrected chi connectivity index (χ3v) is 9.79. The Morgan fingerprint density at radius 3 is 1.66 bits per heavy atom. The Labute approximate surface area is 292 Å². The molecule has 2 saturated carbocycles. The fraction of sp³-hybridized carbons (Fsp3) is 0.417. The van der Waals surface area contributed by atoms with Crippen molar-refractivity contribution in [1.82, 2.24) is 4.98 Å². The minimum Gasteiger partial charge on any atom is -0.450 e. The molecule has 11 heteroatoms. The molecule has 3 heterocycles. The van der Waals surface area contributed by atoms with Gasteiger partial charge in [0.15, 0.2) is 0 Å². The van der Waals surface area contributed by atoms with E-state index >= 15 is 0 Å². The molecule has 5 rings (SSSR count). The highest BCUT2D eigenvalue weighted by Crippen LogP contribution is 2.42. The minimum atomic E-state index is -0.720. The van der Waals surface area contributed by atoms with E-state index < -0.39 is 16.4 Å². The van der Waals surface area contributed by atoms with E-state index in [9.17, 15) is 24.3 Å². The molecule has 0 amide bonds. The zero-order valence-electron chi connectivity index (χ0n) is 26.9. The molecule has 1 N–H and O–H groups in total. The zero-order valence-corrected chi connectivity index (χ0v) is 29.3. The molecule has 256 valence electrons. The van der Waals surface area contributed by atoms with Gasteiger partial charge < -0.3 is 14.7 Å². The highest BCUT2D eigenvalue weighted by Gasteiger charge is 2.41. The Morgan fingerprint density at radius 2 is 1.30 bits per heavy atom. The summed E-state index contributed by atoms with van der Waals surface area (Å²) < 4.78 is 5.65. The van der Waals surface area contributed by atoms with Gasteiger partial charge in [-0.05, 0) is 86.2 Å². The molecule has 0 saturated heterocycles. The topological polar surface area (TPSA) is 114 Å². The second-order valence-electron chi connectivity index (χ2n) is 11.4. The smallest absolute Gasteiger partial charge is 0.334 e. The molecule has 0 radical (unpaired) electrons. The van der Waals surface area contributed by atoms with Gasteiger partial charge in [-0.25, -0.2) is 4.79 Å². The van der Waals surface area contributed by atoms with E-state index in [1.165, 1.54) is 5.69 Å². The van der Waals surface area contributed by atoms with Crippen LogP contribution in [-0.4, -0.2) is 47.0 Å². The molecule has 2 fully saturated rings. The van der Waals surface area contributed by atoms with Crippen molar-refractivity contribution in [3.8, 4) is 0 Å². The maximum Gasteiger partial charge on any atom is 0.334 e. The lowest BCUT2D eigenvalue weighted by atomic mass is 9.82. The number of thiophene rings is 2. The molecule has 0 bridgehead atoms. The summed E-state index contributed by atoms with van der Waals surface area (Å²) in [5.41, 5.74) is 0.615. The predicted octanol–water partition coefficient (Wildman–Crippen LogP) is 8.40. The molecular weight excluding hydrogens is 656 g/mol. The van der Waals surface area contributed by atoms with Crippen molar-refractivity contribution in [2.24, 2.45) is 0 Å². The van der Waals surface area contributed by atoms with Gasteiger partial charge in [0.1, 0.15) is 17.2 Å². The number of aliphatic hydroxyl groups is 1. The number of esters is 1. The van der Waals surface area contributed by atoms with E-state index in [1.54, 1.807) is 48.9 Å². The van der Waals surface area contributed by atoms with Crippen LogP contribution in [0.15, 0.2) is 83.9 Å². The molecular formula is C36H47ClN2O6S2. The second-order valence-corrected chi connectivity index (χ2v) is 13.6. The van der Waals surface area contributed by atoms with Gasteiger partial charge in [0.25, 0.3) is 0 Å². The number of pyridine rings is 1. The number of carbonyl (C=O) groups is 4. The van der Waals surface area contributed by atoms with Crippen LogP contribution in [0.25, 0.3) is 0 Å². The van der Waals surface area contributed by atoms with E-state index in [0.717, 1.165) is 9.75 Å². The molecule has 2 aliphatic rings. The van der Waals surface area contributed by atoms with Gasteiger partial charge in [-0.3, -0.25) is 19.4 Å². The average molecular weight is 703 g/mol. The Hall–Kier alpha value is -3.44. The maximum atomic E-state index is 11.8. The van der Waals surface area contributed by atoms with Gasteiger partial charge in [0, 0.05) is 78.8 Å². The summed E-state index contributed by atoms with van der Waals surface area (Å²) in [7, 11) is 4.02. The van der Waals surface area contributed by atoms with Crippen LogP contribution in [-0.2, 0) is 35.1 Å². The predicted molar refractivity (Wildman–Crippen MR) is 193 cm³/mol. The van der Waals surface area contributed by atoms with Crippen molar-refractivity contribution in [2.75, 3.05) is 19.0 Å². The Bertz CT molecular complexity index is 1420. The average Bonchev–Trinajstić information content (AvgIpc) is 3.78. The molecule has 3 aromatic rings. The van der Waals surface area contributed by atoms with Gasteiger partial charge in [0.2, 0.25) is 5.24 Å². The number of ether oxygens (including phenoxy) is 1. The minimum absolute atomic E-state index is 0. The normalized spacial score (nSPS) is 15.8. The SMILES string of the molecule is C.C=C(C)C(=O)Cl.C=C(C)C(=O)OC1(c2cccs2)CCC(=O)CC1.CN(C)c1ccncc1.O=C1CCC(O)(c2cccs2)CC1. The largest absolute Gasteiger partial charge is 0.450 e. The fourth-order valence-electron chi connectivity index (χ4n) is 4.51. The van der Waals surface area contributed by atoms with E-state index in [4.69, 9.17) is 16.3 Å². The lowest BCUT2D eigenvalue weighted by Crippen LogP contribution is -2.36. The third kappa shape index (κ3) is 13.7. The molecule has 8 nitrogen and oxygen atoms in total. The molecule has 2 aliphatic carbocycles. The van der Waals surface area contributed by atoms with Gasteiger partial charge in [0.05, 0.1) is 5.60 Å². The van der Waals surface area contributed by atoms with Gasteiger partial charge >= 0.3 is 5.97 Å². The summed E-state index contributed by atoms with van der Waals surface area (Å²) >= 11 is 8.01. The lowest BCUT2D eigenvalue weighted by Gasteiger charge is -2.35. The summed E-state index contributed by atoms with van der Waals surface area (Å²) in [6, 6.07) is 11.7. The molecule has 0 aliphatic heterocycles. The number of rotatable bonds is 6. The molecule has 0 atom stereocenters. The number of hydrogen-bond acceptors (Lipinski definition) is 10. The van der Waals surface area contributed by atoms with E-state index in [0.29, 0.717) is 62.5 Å². The summed E-state index contributed by atoms with van der Waals surface area (Å²) in [5.74, 6) is 0.146. The van der Waals surface area contributed by atoms with Crippen molar-refractivity contribution in [3.63, 3.8) is 0 Å². The molecule has 0 aromatic carbocycles. The first-order valence-electron chi connectivity index (χ1n) is 14.8. The first kappa shape index (κ1) is 41.6. The lowest BCUT2D eigenvalue weighted by molar-refractivity contribution is -0.161. The van der Waals surface area contributed by atoms with Crippen LogP contribution in [0, 0.1) is 0 Å². The summed E-state index contributed by atoms with van der Waals surface area (Å²) in [5, 5.41) is 13.7. The molecule has 47 heavy (non-hydrogen) atoms. The summed E-state index contributed by atoms with van der Waals surface area (Å²) in [6.45, 7) is 10.1. The number of anilines is 1. The van der Waals surface area contributed by atoms with Crippen LogP contribution < -0.4 is 4.90 Å². The van der Waals surface area contributed by atoms with Gasteiger partial charge in [-0.2, -0.15) is 0 Å². The number of Topliss-reactive ketones (excluding diaryl/α,β-unsaturated/α-hetero) is 2. The maximum absolute atomic E-state index is 11.8. The first-order chi connectivity index (χ1) is 21.7. The van der Waals surface area contributed by atoms with Crippen LogP contribution in [0.2, 0.25) is 0 Å². The summed E-state index contributed by atoms with van der Waals surface area (Å²) in [6.07, 6.45) is 7.89. The first-order valence-corrected chi connectivity index (χ1v) is 17.0. The van der Waals surface area contributed by atoms with Crippen LogP contribution in [0.3, 0.4) is 0 Å². The van der Waals surface area contributed by atoms with Crippen molar-refractivity contribution in [2.45, 2.75) is 83.8 Å². The van der Waals surface area contributed by atoms with Gasteiger partial charge in [-0.15, -0.1) is 22.7 Å². The Morgan fingerprint density at radius 1 is 0.851 bits per heavy atom. The van der Waals surface area contributed by atoms with Crippen LogP contribution in [0.5, 0.6) is 0 Å². The number of allylic oxidation sites excluding steroid dienone is 1. The van der Waals surface area contributed by atoms with Gasteiger partial charge in [-0.1, -0.05) is 32.7 Å². The van der Waals surface area contributed by atoms with E-state index in [1.807, 2.05) is 66.2 Å². The van der Waals surface area contributed by atoms with Crippen molar-refractivity contribution >= 4 is 62.7 Å². The third-order valence-electron chi connectivity index (χ3n) is 7.35. The number of hydrogen-bond donors (Lipinski definition) is 1. The zero-order chi connectivity index (χ0) is 34.3. The van der Waals surface area contributed by atoms with Crippen LogP contribution in [0.4, 0.5) is 5.69 Å². The number of nitrogens with zero attached hydrogens (tertiary/aromatic N) is 2. The number of carbonyl (C=O) groups excluding carboxylic acids is 4. The summed E-state index contributed by atoms with van der Waals surface area (Å²) in [4.78, 5) is 52.0. The quantitative estimate of drug-likeness (QED) is 0.155. The van der Waals surface area contributed by atoms with Crippen LogP contribution >= 0.6 is 34.3 Å². The number of halogens is 1. The standard InChI is InChI=1S/C14H16O3S.C10H12O2S.C7H10N2.C4H5ClO.CH4/c1-10(2)13(16)17-14(12-4-3-9-18-12)7-5-11(15)6-8-14;11-8-3-5-10(12,6-4-8)9-2-1-7-13-9;1-9(2)7-3-5-8-6-4-7;1-3(2)4(5)6;/h3-4,9H,1,5-8H2,2H3;1-2,7,12H,3-6H2;3-6H,1-2H3;1H2,2H3;1H4. The highest BCUT2D eigenvalue weighted by molar-refractivity contribution is 7.10. The van der Waals surface area contributed by atoms with E-state index in [2.05, 4.69) is 18.1 Å². The highest BCUT2D eigenvalue weighted by atomic mass is 35.5. The van der Waals surface area contributed by atoms with Crippen LogP contribution in [0.1, 0.15) is 82.4 Å². The fourth-order valence-corrected chi connectivity index (χ4v) is 6.31. The van der Waals surface area contributed by atoms with Crippen molar-refractivity contribution in [3.05, 3.63) is 93.6 Å². The second kappa shape index (κ2) is 20.0. The Balaban J connectivity index is 0.000000335. The van der Waals surface area contributed by atoms with E-state index in [-0.39, 0.29) is 25.0 Å². The number of ketones is 2. The van der Waals surface area contributed by atoms with Crippen molar-refractivity contribution < 1.29 is 29.0 Å². The molecule has 0 spiro atoms. The monoisotopic (exact) mass is 702 g/mol. The molecule has 0 unspecified atom stereocenters.